The number of amides is 2. The van der Waals surface area contributed by atoms with Crippen LogP contribution in [0.25, 0.3) is 0 Å². The normalized spacial score (nSPS) is 14.4. The summed E-state index contributed by atoms with van der Waals surface area (Å²) in [5.41, 5.74) is 1.44. The molecule has 0 radical (unpaired) electrons. The highest BCUT2D eigenvalue weighted by molar-refractivity contribution is 5.94. The molecule has 170 valence electrons. The summed E-state index contributed by atoms with van der Waals surface area (Å²) in [7, 11) is 0. The predicted molar refractivity (Wildman–Crippen MR) is 130 cm³/mol. The number of nitrogens with zero attached hydrogens (tertiary/aromatic N) is 2. The van der Waals surface area contributed by atoms with Crippen molar-refractivity contribution in [3.63, 3.8) is 0 Å². The summed E-state index contributed by atoms with van der Waals surface area (Å²) in [5.74, 6) is 1.20. The van der Waals surface area contributed by atoms with Crippen molar-refractivity contribution in [2.45, 2.75) is 0 Å². The van der Waals surface area contributed by atoms with Crippen LogP contribution in [0.15, 0.2) is 84.9 Å². The van der Waals surface area contributed by atoms with Crippen LogP contribution in [-0.2, 0) is 9.59 Å². The van der Waals surface area contributed by atoms with Gasteiger partial charge in [-0.3, -0.25) is 19.4 Å². The third-order valence-corrected chi connectivity index (χ3v) is 5.39. The topological polar surface area (TPSA) is 73.9 Å². The Kier molecular flexibility index (Phi) is 7.68. The molecule has 3 aromatic carbocycles. The molecule has 0 aliphatic carbocycles. The molecule has 0 saturated carbocycles. The second-order valence-corrected chi connectivity index (χ2v) is 7.93. The number of rotatable bonds is 8. The molecule has 1 saturated heterocycles. The van der Waals surface area contributed by atoms with Gasteiger partial charge in [-0.25, -0.2) is 0 Å². The van der Waals surface area contributed by atoms with Gasteiger partial charge in [0.25, 0.3) is 0 Å². The van der Waals surface area contributed by atoms with Crippen molar-refractivity contribution in [1.29, 1.82) is 0 Å². The Morgan fingerprint density at radius 2 is 1.18 bits per heavy atom. The number of ether oxygens (including phenoxy) is 1. The molecular weight excluding hydrogens is 416 g/mol. The molecule has 1 aliphatic heterocycles. The van der Waals surface area contributed by atoms with Crippen molar-refractivity contribution in [2.75, 3.05) is 49.9 Å². The molecule has 0 bridgehead atoms. The average Bonchev–Trinajstić information content (AvgIpc) is 2.83. The average molecular weight is 445 g/mol. The number of benzene rings is 3. The van der Waals surface area contributed by atoms with Gasteiger partial charge in [-0.2, -0.15) is 0 Å². The minimum absolute atomic E-state index is 0.0255. The van der Waals surface area contributed by atoms with Crippen molar-refractivity contribution in [3.8, 4) is 11.5 Å². The fourth-order valence-corrected chi connectivity index (χ4v) is 3.70. The number of anilines is 2. The number of hydrogen-bond acceptors (Lipinski definition) is 5. The highest BCUT2D eigenvalue weighted by Crippen LogP contribution is 2.29. The smallest absolute Gasteiger partial charge is 0.238 e. The van der Waals surface area contributed by atoms with Gasteiger partial charge in [0.2, 0.25) is 11.8 Å². The number of para-hydroxylation sites is 4. The van der Waals surface area contributed by atoms with Crippen molar-refractivity contribution in [1.82, 2.24) is 9.80 Å². The van der Waals surface area contributed by atoms with Gasteiger partial charge in [-0.1, -0.05) is 48.5 Å². The Balaban J connectivity index is 1.22. The van der Waals surface area contributed by atoms with Gasteiger partial charge in [0.15, 0.2) is 5.75 Å². The molecule has 7 heteroatoms. The van der Waals surface area contributed by atoms with Crippen LogP contribution in [0.5, 0.6) is 11.5 Å². The summed E-state index contributed by atoms with van der Waals surface area (Å²) in [6.07, 6.45) is 0. The Morgan fingerprint density at radius 1 is 0.667 bits per heavy atom. The fourth-order valence-electron chi connectivity index (χ4n) is 3.70. The molecule has 2 N–H and O–H groups in total. The number of hydrogen-bond donors (Lipinski definition) is 2. The van der Waals surface area contributed by atoms with Gasteiger partial charge in [0, 0.05) is 31.9 Å². The molecule has 1 fully saturated rings. The zero-order valence-electron chi connectivity index (χ0n) is 18.4. The first-order valence-electron chi connectivity index (χ1n) is 11.1. The second kappa shape index (κ2) is 11.3. The van der Waals surface area contributed by atoms with Crippen LogP contribution in [0.4, 0.5) is 11.4 Å². The molecule has 33 heavy (non-hydrogen) atoms. The molecule has 0 aromatic heterocycles. The number of piperazine rings is 1. The highest BCUT2D eigenvalue weighted by Gasteiger charge is 2.21. The van der Waals surface area contributed by atoms with Crippen LogP contribution < -0.4 is 15.4 Å². The van der Waals surface area contributed by atoms with Gasteiger partial charge >= 0.3 is 0 Å². The molecule has 3 aromatic rings. The van der Waals surface area contributed by atoms with Crippen molar-refractivity contribution in [3.05, 3.63) is 84.9 Å². The van der Waals surface area contributed by atoms with E-state index in [0.29, 0.717) is 30.3 Å². The van der Waals surface area contributed by atoms with E-state index in [1.54, 1.807) is 0 Å². The molecular formula is C26H28N4O3. The SMILES string of the molecule is O=C(CN1CCN(CC(=O)Nc2ccccc2Oc2ccccc2)CC1)Nc1ccccc1. The van der Waals surface area contributed by atoms with Crippen LogP contribution in [0, 0.1) is 0 Å². The Hall–Kier alpha value is -3.68. The molecule has 4 rings (SSSR count). The zero-order valence-corrected chi connectivity index (χ0v) is 18.4. The molecule has 0 spiro atoms. The van der Waals surface area contributed by atoms with Crippen molar-refractivity contribution >= 4 is 23.2 Å². The number of carbonyl (C=O) groups excluding carboxylic acids is 2. The van der Waals surface area contributed by atoms with E-state index >= 15 is 0 Å². The van der Waals surface area contributed by atoms with E-state index < -0.39 is 0 Å². The second-order valence-electron chi connectivity index (χ2n) is 7.93. The van der Waals surface area contributed by atoms with Crippen LogP contribution in [0.1, 0.15) is 0 Å². The lowest BCUT2D eigenvalue weighted by molar-refractivity contribution is -0.120. The molecule has 1 heterocycles. The molecule has 0 unspecified atom stereocenters. The standard InChI is InChI=1S/C26H28N4O3/c31-25(27-21-9-3-1-4-10-21)19-29-15-17-30(18-16-29)20-26(32)28-23-13-7-8-14-24(23)33-22-11-5-2-6-12-22/h1-14H,15-20H2,(H,27,31)(H,28,32). The van der Waals surface area contributed by atoms with Crippen LogP contribution in [0.2, 0.25) is 0 Å². The summed E-state index contributed by atoms with van der Waals surface area (Å²) in [6, 6.07) is 26.3. The molecule has 1 aliphatic rings. The third kappa shape index (κ3) is 6.90. The van der Waals surface area contributed by atoms with Crippen molar-refractivity contribution < 1.29 is 14.3 Å². The molecule has 0 atom stereocenters. The van der Waals surface area contributed by atoms with E-state index in [2.05, 4.69) is 20.4 Å². The van der Waals surface area contributed by atoms with E-state index in [4.69, 9.17) is 4.74 Å². The van der Waals surface area contributed by atoms with Crippen LogP contribution >= 0.6 is 0 Å². The van der Waals surface area contributed by atoms with Gasteiger partial charge in [0.05, 0.1) is 18.8 Å². The first-order valence-corrected chi connectivity index (χ1v) is 11.1. The number of nitrogens with one attached hydrogen (secondary N) is 2. The van der Waals surface area contributed by atoms with Gasteiger partial charge in [-0.05, 0) is 36.4 Å². The first kappa shape index (κ1) is 22.5. The summed E-state index contributed by atoms with van der Waals surface area (Å²) in [4.78, 5) is 29.1. The summed E-state index contributed by atoms with van der Waals surface area (Å²) < 4.78 is 5.92. The number of carbonyl (C=O) groups is 2. The lowest BCUT2D eigenvalue weighted by atomic mass is 10.2. The summed E-state index contributed by atoms with van der Waals surface area (Å²) in [5, 5.41) is 5.88. The van der Waals surface area contributed by atoms with Gasteiger partial charge in [0.1, 0.15) is 5.75 Å². The van der Waals surface area contributed by atoms with E-state index in [1.165, 1.54) is 0 Å². The Labute approximate surface area is 194 Å². The predicted octanol–water partition coefficient (Wildman–Crippen LogP) is 3.67. The molecule has 2 amide bonds. The highest BCUT2D eigenvalue weighted by atomic mass is 16.5. The van der Waals surface area contributed by atoms with Gasteiger partial charge in [-0.15, -0.1) is 0 Å². The van der Waals surface area contributed by atoms with Crippen LogP contribution in [-0.4, -0.2) is 60.9 Å². The monoisotopic (exact) mass is 444 g/mol. The minimum Gasteiger partial charge on any atom is -0.455 e. The van der Waals surface area contributed by atoms with E-state index in [-0.39, 0.29) is 11.8 Å². The Bertz CT molecular complexity index is 1050. The van der Waals surface area contributed by atoms with E-state index in [1.807, 2.05) is 84.9 Å². The minimum atomic E-state index is -0.0885. The van der Waals surface area contributed by atoms with Crippen LogP contribution in [0.3, 0.4) is 0 Å². The quantitative estimate of drug-likeness (QED) is 0.555. The van der Waals surface area contributed by atoms with E-state index in [0.717, 1.165) is 31.9 Å². The summed E-state index contributed by atoms with van der Waals surface area (Å²) in [6.45, 7) is 3.58. The lowest BCUT2D eigenvalue weighted by Crippen LogP contribution is -2.50. The first-order chi connectivity index (χ1) is 16.2. The van der Waals surface area contributed by atoms with E-state index in [9.17, 15) is 9.59 Å². The summed E-state index contributed by atoms with van der Waals surface area (Å²) >= 11 is 0. The molecule has 7 nitrogen and oxygen atoms in total. The van der Waals surface area contributed by atoms with Crippen molar-refractivity contribution in [2.24, 2.45) is 0 Å². The fraction of sp³-hybridized carbons (Fsp3) is 0.231. The maximum Gasteiger partial charge on any atom is 0.238 e. The Morgan fingerprint density at radius 3 is 1.82 bits per heavy atom. The lowest BCUT2D eigenvalue weighted by Gasteiger charge is -2.33. The van der Waals surface area contributed by atoms with Gasteiger partial charge < -0.3 is 15.4 Å². The maximum atomic E-state index is 12.7. The largest absolute Gasteiger partial charge is 0.455 e. The zero-order chi connectivity index (χ0) is 22.9. The maximum absolute atomic E-state index is 12.7. The third-order valence-electron chi connectivity index (χ3n) is 5.39.